The Labute approximate surface area is 106 Å². The zero-order valence-corrected chi connectivity index (χ0v) is 10.2. The van der Waals surface area contributed by atoms with Gasteiger partial charge in [0, 0.05) is 6.07 Å². The third kappa shape index (κ3) is 2.15. The van der Waals surface area contributed by atoms with E-state index in [0.717, 1.165) is 12.1 Å². The number of hydrogen-bond acceptors (Lipinski definition) is 2. The fraction of sp³-hybridized carbons (Fsp3) is 0.273. The van der Waals surface area contributed by atoms with E-state index in [9.17, 15) is 13.6 Å². The summed E-state index contributed by atoms with van der Waals surface area (Å²) < 4.78 is 28.1. The third-order valence-corrected chi connectivity index (χ3v) is 2.67. The normalized spacial score (nSPS) is 12.9. The maximum Gasteiger partial charge on any atom is 0.237 e. The lowest BCUT2D eigenvalue weighted by Crippen LogP contribution is -2.20. The number of amides is 1. The maximum absolute atomic E-state index is 13.6. The van der Waals surface area contributed by atoms with Gasteiger partial charge < -0.3 is 10.3 Å². The second kappa shape index (κ2) is 4.53. The summed E-state index contributed by atoms with van der Waals surface area (Å²) >= 11 is 5.90. The number of nitrogens with zero attached hydrogens (tertiary/aromatic N) is 2. The lowest BCUT2D eigenvalue weighted by atomic mass is 10.3. The first-order valence-corrected chi connectivity index (χ1v) is 5.61. The van der Waals surface area contributed by atoms with E-state index in [0.29, 0.717) is 0 Å². The van der Waals surface area contributed by atoms with Gasteiger partial charge in [-0.15, -0.1) is 11.6 Å². The fourth-order valence-electron chi connectivity index (χ4n) is 1.79. The number of carbonyl (C=O) groups excluding carboxylic acids is 1. The van der Waals surface area contributed by atoms with Gasteiger partial charge in [-0.25, -0.2) is 13.8 Å². The molecule has 96 valence electrons. The molecule has 2 aromatic rings. The van der Waals surface area contributed by atoms with E-state index in [2.05, 4.69) is 4.98 Å². The topological polar surface area (TPSA) is 60.9 Å². The predicted octanol–water partition coefficient (Wildman–Crippen LogP) is 2.10. The Hall–Kier alpha value is -1.69. The highest BCUT2D eigenvalue weighted by atomic mass is 35.5. The van der Waals surface area contributed by atoms with Crippen molar-refractivity contribution in [2.24, 2.45) is 5.73 Å². The summed E-state index contributed by atoms with van der Waals surface area (Å²) in [6.07, 6.45) is 0. The van der Waals surface area contributed by atoms with Crippen molar-refractivity contribution >= 4 is 28.5 Å². The lowest BCUT2D eigenvalue weighted by Gasteiger charge is -2.07. The third-order valence-electron chi connectivity index (χ3n) is 2.47. The molecule has 1 aromatic heterocycles. The molecule has 0 bridgehead atoms. The van der Waals surface area contributed by atoms with E-state index in [1.54, 1.807) is 6.92 Å². The van der Waals surface area contributed by atoms with Crippen molar-refractivity contribution in [3.8, 4) is 0 Å². The smallest absolute Gasteiger partial charge is 0.237 e. The van der Waals surface area contributed by atoms with Crippen molar-refractivity contribution in [3.63, 3.8) is 0 Å². The van der Waals surface area contributed by atoms with Crippen molar-refractivity contribution in [1.82, 2.24) is 9.55 Å². The first-order valence-electron chi connectivity index (χ1n) is 5.17. The standard InChI is InChI=1S/C11H10ClF2N3O/c1-5(12)11-16-10-7(14)2-6(13)3-8(10)17(11)4-9(15)18/h2-3,5H,4H2,1H3,(H2,15,18). The highest BCUT2D eigenvalue weighted by Crippen LogP contribution is 2.26. The summed E-state index contributed by atoms with van der Waals surface area (Å²) in [5.74, 6) is -1.92. The van der Waals surface area contributed by atoms with Crippen LogP contribution in [0.25, 0.3) is 11.0 Å². The summed E-state index contributed by atoms with van der Waals surface area (Å²) in [7, 11) is 0. The number of alkyl halides is 1. The quantitative estimate of drug-likeness (QED) is 0.871. The summed E-state index contributed by atoms with van der Waals surface area (Å²) in [5.41, 5.74) is 5.23. The number of hydrogen-bond donors (Lipinski definition) is 1. The molecule has 0 saturated heterocycles. The Morgan fingerprint density at radius 1 is 1.56 bits per heavy atom. The average molecular weight is 274 g/mol. The molecule has 1 aromatic carbocycles. The summed E-state index contributed by atoms with van der Waals surface area (Å²) in [5, 5.41) is -0.556. The summed E-state index contributed by atoms with van der Waals surface area (Å²) in [6, 6.07) is 1.82. The van der Waals surface area contributed by atoms with Crippen molar-refractivity contribution in [2.45, 2.75) is 18.8 Å². The van der Waals surface area contributed by atoms with Crippen LogP contribution >= 0.6 is 11.6 Å². The summed E-state index contributed by atoms with van der Waals surface area (Å²) in [6.45, 7) is 1.39. The van der Waals surface area contributed by atoms with Gasteiger partial charge in [-0.05, 0) is 13.0 Å². The van der Waals surface area contributed by atoms with E-state index in [-0.39, 0.29) is 23.4 Å². The zero-order chi connectivity index (χ0) is 13.4. The molecule has 0 aliphatic carbocycles. The number of imidazole rings is 1. The van der Waals surface area contributed by atoms with E-state index in [4.69, 9.17) is 17.3 Å². The first kappa shape index (κ1) is 12.8. The Balaban J connectivity index is 2.76. The highest BCUT2D eigenvalue weighted by Gasteiger charge is 2.19. The van der Waals surface area contributed by atoms with Crippen molar-refractivity contribution < 1.29 is 13.6 Å². The number of fused-ring (bicyclic) bond motifs is 1. The molecule has 2 rings (SSSR count). The Bertz CT molecular complexity index is 624. The van der Waals surface area contributed by atoms with Crippen LogP contribution in [0.4, 0.5) is 8.78 Å². The second-order valence-corrected chi connectivity index (χ2v) is 4.55. The average Bonchev–Trinajstić information content (AvgIpc) is 2.57. The number of halogens is 3. The molecular weight excluding hydrogens is 264 g/mol. The van der Waals surface area contributed by atoms with Crippen LogP contribution in [0.1, 0.15) is 18.1 Å². The molecule has 0 spiro atoms. The minimum atomic E-state index is -0.799. The number of rotatable bonds is 3. The molecule has 7 heteroatoms. The van der Waals surface area contributed by atoms with Gasteiger partial charge in [0.1, 0.15) is 23.7 Å². The molecule has 1 amide bonds. The van der Waals surface area contributed by atoms with Gasteiger partial charge in [-0.3, -0.25) is 4.79 Å². The van der Waals surface area contributed by atoms with Crippen molar-refractivity contribution in [1.29, 1.82) is 0 Å². The van der Waals surface area contributed by atoms with Gasteiger partial charge in [0.05, 0.1) is 10.9 Å². The highest BCUT2D eigenvalue weighted by molar-refractivity contribution is 6.20. The number of primary amides is 1. The minimum Gasteiger partial charge on any atom is -0.368 e. The second-order valence-electron chi connectivity index (χ2n) is 3.89. The number of carbonyl (C=O) groups is 1. The number of aromatic nitrogens is 2. The van der Waals surface area contributed by atoms with Crippen molar-refractivity contribution in [3.05, 3.63) is 29.6 Å². The Morgan fingerprint density at radius 2 is 2.22 bits per heavy atom. The van der Waals surface area contributed by atoms with E-state index in [1.165, 1.54) is 4.57 Å². The van der Waals surface area contributed by atoms with Gasteiger partial charge >= 0.3 is 0 Å². The van der Waals surface area contributed by atoms with Crippen LogP contribution < -0.4 is 5.73 Å². The zero-order valence-electron chi connectivity index (χ0n) is 9.45. The molecule has 0 aliphatic heterocycles. The van der Waals surface area contributed by atoms with Gasteiger partial charge in [0.25, 0.3) is 0 Å². The first-order chi connectivity index (χ1) is 8.40. The predicted molar refractivity (Wildman–Crippen MR) is 63.1 cm³/mol. The van der Waals surface area contributed by atoms with Crippen LogP contribution in [0.15, 0.2) is 12.1 Å². The molecule has 18 heavy (non-hydrogen) atoms. The molecule has 0 saturated carbocycles. The van der Waals surface area contributed by atoms with E-state index >= 15 is 0 Å². The number of benzene rings is 1. The minimum absolute atomic E-state index is 0.0276. The molecule has 0 fully saturated rings. The van der Waals surface area contributed by atoms with Crippen LogP contribution in [-0.2, 0) is 11.3 Å². The van der Waals surface area contributed by atoms with Crippen LogP contribution in [-0.4, -0.2) is 15.5 Å². The summed E-state index contributed by atoms with van der Waals surface area (Å²) in [4.78, 5) is 15.0. The molecule has 1 unspecified atom stereocenters. The van der Waals surface area contributed by atoms with Gasteiger partial charge in [-0.2, -0.15) is 0 Å². The largest absolute Gasteiger partial charge is 0.368 e. The van der Waals surface area contributed by atoms with Crippen LogP contribution in [0, 0.1) is 11.6 Å². The van der Waals surface area contributed by atoms with E-state index < -0.39 is 22.9 Å². The number of nitrogens with two attached hydrogens (primary N) is 1. The molecule has 1 heterocycles. The van der Waals surface area contributed by atoms with Gasteiger partial charge in [0.2, 0.25) is 5.91 Å². The molecule has 0 radical (unpaired) electrons. The Morgan fingerprint density at radius 3 is 2.78 bits per heavy atom. The van der Waals surface area contributed by atoms with Gasteiger partial charge in [0.15, 0.2) is 5.82 Å². The van der Waals surface area contributed by atoms with E-state index in [1.807, 2.05) is 0 Å². The molecular formula is C11H10ClF2N3O. The molecule has 4 nitrogen and oxygen atoms in total. The van der Waals surface area contributed by atoms with Crippen LogP contribution in [0.5, 0.6) is 0 Å². The van der Waals surface area contributed by atoms with Crippen molar-refractivity contribution in [2.75, 3.05) is 0 Å². The fourth-order valence-corrected chi connectivity index (χ4v) is 1.96. The molecule has 0 aliphatic rings. The lowest BCUT2D eigenvalue weighted by molar-refractivity contribution is -0.118. The monoisotopic (exact) mass is 273 g/mol. The molecule has 2 N–H and O–H groups in total. The van der Waals surface area contributed by atoms with Gasteiger partial charge in [-0.1, -0.05) is 0 Å². The van der Waals surface area contributed by atoms with Crippen LogP contribution in [0.3, 0.4) is 0 Å². The Kier molecular flexibility index (Phi) is 3.21. The maximum atomic E-state index is 13.6. The molecule has 1 atom stereocenters. The SMILES string of the molecule is CC(Cl)c1nc2c(F)cc(F)cc2n1CC(N)=O. The van der Waals surface area contributed by atoms with Crippen LogP contribution in [0.2, 0.25) is 0 Å².